The van der Waals surface area contributed by atoms with Crippen LogP contribution >= 0.6 is 28.3 Å². The highest BCUT2D eigenvalue weighted by Gasteiger charge is 2.23. The second-order valence-corrected chi connectivity index (χ2v) is 5.17. The van der Waals surface area contributed by atoms with Crippen LogP contribution < -0.4 is 5.73 Å². The molecule has 0 radical (unpaired) electrons. The van der Waals surface area contributed by atoms with Gasteiger partial charge in [-0.15, -0.1) is 12.4 Å². The van der Waals surface area contributed by atoms with E-state index in [4.69, 9.17) is 5.73 Å². The molecular weight excluding hydrogens is 322 g/mol. The first-order chi connectivity index (χ1) is 8.06. The fraction of sp³-hybridized carbons (Fsp3) is 0.417. The van der Waals surface area contributed by atoms with Gasteiger partial charge in [0.15, 0.2) is 0 Å². The third-order valence-corrected chi connectivity index (χ3v) is 3.52. The monoisotopic (exact) mass is 336 g/mol. The van der Waals surface area contributed by atoms with E-state index in [0.29, 0.717) is 17.4 Å². The van der Waals surface area contributed by atoms with Gasteiger partial charge >= 0.3 is 0 Å². The summed E-state index contributed by atoms with van der Waals surface area (Å²) in [7, 11) is 0. The normalized spacial score (nSPS) is 18.6. The van der Waals surface area contributed by atoms with Crippen molar-refractivity contribution in [2.24, 2.45) is 5.73 Å². The van der Waals surface area contributed by atoms with Crippen molar-refractivity contribution in [3.05, 3.63) is 34.1 Å². The fourth-order valence-electron chi connectivity index (χ4n) is 1.95. The highest BCUT2D eigenvalue weighted by atomic mass is 79.9. The van der Waals surface area contributed by atoms with Crippen molar-refractivity contribution in [3.63, 3.8) is 0 Å². The number of benzene rings is 1. The number of hydrogen-bond acceptors (Lipinski definition) is 2. The van der Waals surface area contributed by atoms with Gasteiger partial charge < -0.3 is 10.6 Å². The van der Waals surface area contributed by atoms with Crippen LogP contribution in [0.15, 0.2) is 22.7 Å². The van der Waals surface area contributed by atoms with Gasteiger partial charge in [0.1, 0.15) is 5.82 Å². The number of hydrogen-bond donors (Lipinski definition) is 1. The molecule has 1 aliphatic rings. The average Bonchev–Trinajstić information content (AvgIpc) is 2.70. The number of amides is 1. The Balaban J connectivity index is 0.00000162. The minimum absolute atomic E-state index is 0. The van der Waals surface area contributed by atoms with E-state index in [1.807, 2.05) is 0 Å². The molecule has 2 rings (SSSR count). The van der Waals surface area contributed by atoms with E-state index < -0.39 is 0 Å². The van der Waals surface area contributed by atoms with Crippen LogP contribution in [0.2, 0.25) is 0 Å². The Kier molecular flexibility index (Phi) is 5.56. The molecule has 0 unspecified atom stereocenters. The van der Waals surface area contributed by atoms with Gasteiger partial charge in [-0.3, -0.25) is 4.79 Å². The lowest BCUT2D eigenvalue weighted by Gasteiger charge is -2.15. The van der Waals surface area contributed by atoms with Crippen molar-refractivity contribution in [2.45, 2.75) is 18.9 Å². The Bertz CT molecular complexity index is 444. The van der Waals surface area contributed by atoms with E-state index in [0.717, 1.165) is 18.5 Å². The number of nitrogens with zero attached hydrogens (tertiary/aromatic N) is 1. The molecule has 1 aromatic rings. The zero-order chi connectivity index (χ0) is 12.4. The molecule has 1 aromatic carbocycles. The lowest BCUT2D eigenvalue weighted by molar-refractivity contribution is -0.129. The molecule has 6 heteroatoms. The number of rotatable bonds is 2. The average molecular weight is 338 g/mol. The molecule has 1 saturated heterocycles. The van der Waals surface area contributed by atoms with E-state index in [1.165, 1.54) is 6.07 Å². The summed E-state index contributed by atoms with van der Waals surface area (Å²) >= 11 is 3.11. The fourth-order valence-corrected chi connectivity index (χ4v) is 2.38. The number of nitrogens with two attached hydrogens (primary N) is 1. The van der Waals surface area contributed by atoms with Gasteiger partial charge in [0, 0.05) is 19.1 Å². The van der Waals surface area contributed by atoms with E-state index in [2.05, 4.69) is 15.9 Å². The smallest absolute Gasteiger partial charge is 0.227 e. The minimum Gasteiger partial charge on any atom is -0.341 e. The quantitative estimate of drug-likeness (QED) is 0.898. The van der Waals surface area contributed by atoms with Gasteiger partial charge in [-0.05, 0) is 40.0 Å². The van der Waals surface area contributed by atoms with Crippen LogP contribution in [0.4, 0.5) is 4.39 Å². The van der Waals surface area contributed by atoms with Crippen LogP contribution in [0, 0.1) is 5.82 Å². The first-order valence-corrected chi connectivity index (χ1v) is 6.33. The van der Waals surface area contributed by atoms with E-state index in [9.17, 15) is 9.18 Å². The number of carbonyl (C=O) groups is 1. The molecule has 0 bridgehead atoms. The molecule has 100 valence electrons. The maximum atomic E-state index is 13.0. The van der Waals surface area contributed by atoms with Gasteiger partial charge in [0.05, 0.1) is 10.9 Å². The Morgan fingerprint density at radius 1 is 1.56 bits per heavy atom. The van der Waals surface area contributed by atoms with Crippen molar-refractivity contribution in [1.82, 2.24) is 4.90 Å². The van der Waals surface area contributed by atoms with Crippen LogP contribution in [0.5, 0.6) is 0 Å². The number of halogens is 3. The zero-order valence-electron chi connectivity index (χ0n) is 9.73. The van der Waals surface area contributed by atoms with Gasteiger partial charge in [-0.2, -0.15) is 0 Å². The van der Waals surface area contributed by atoms with Crippen LogP contribution in [0.3, 0.4) is 0 Å². The Hall–Kier alpha value is -0.650. The highest BCUT2D eigenvalue weighted by Crippen LogP contribution is 2.18. The maximum Gasteiger partial charge on any atom is 0.227 e. The summed E-state index contributed by atoms with van der Waals surface area (Å²) in [6, 6.07) is 4.73. The predicted molar refractivity (Wildman–Crippen MR) is 74.2 cm³/mol. The first kappa shape index (κ1) is 15.4. The molecule has 1 aliphatic heterocycles. The van der Waals surface area contributed by atoms with Crippen LogP contribution in [-0.4, -0.2) is 29.9 Å². The zero-order valence-corrected chi connectivity index (χ0v) is 12.1. The second kappa shape index (κ2) is 6.50. The lowest BCUT2D eigenvalue weighted by Crippen LogP contribution is -2.32. The SMILES string of the molecule is Cl.N[C@H]1CCN(C(=O)Cc2ccc(F)c(Br)c2)C1. The first-order valence-electron chi connectivity index (χ1n) is 5.53. The molecule has 0 saturated carbocycles. The Morgan fingerprint density at radius 3 is 2.83 bits per heavy atom. The Morgan fingerprint density at radius 2 is 2.28 bits per heavy atom. The largest absolute Gasteiger partial charge is 0.341 e. The summed E-state index contributed by atoms with van der Waals surface area (Å²) in [4.78, 5) is 13.7. The van der Waals surface area contributed by atoms with Crippen molar-refractivity contribution < 1.29 is 9.18 Å². The predicted octanol–water partition coefficient (Wildman–Crippen LogP) is 2.11. The van der Waals surface area contributed by atoms with Crippen LogP contribution in [0.25, 0.3) is 0 Å². The summed E-state index contributed by atoms with van der Waals surface area (Å²) in [6.07, 6.45) is 1.16. The number of likely N-dealkylation sites (tertiary alicyclic amines) is 1. The lowest BCUT2D eigenvalue weighted by atomic mass is 10.1. The molecule has 1 heterocycles. The van der Waals surface area contributed by atoms with Gasteiger partial charge in [-0.25, -0.2) is 4.39 Å². The summed E-state index contributed by atoms with van der Waals surface area (Å²) in [5, 5.41) is 0. The summed E-state index contributed by atoms with van der Waals surface area (Å²) < 4.78 is 13.4. The van der Waals surface area contributed by atoms with Crippen molar-refractivity contribution in [2.75, 3.05) is 13.1 Å². The van der Waals surface area contributed by atoms with Crippen LogP contribution in [0.1, 0.15) is 12.0 Å². The second-order valence-electron chi connectivity index (χ2n) is 4.31. The van der Waals surface area contributed by atoms with Gasteiger partial charge in [0.2, 0.25) is 5.91 Å². The molecule has 0 spiro atoms. The van der Waals surface area contributed by atoms with E-state index in [1.54, 1.807) is 17.0 Å². The van der Waals surface area contributed by atoms with Gasteiger partial charge in [-0.1, -0.05) is 6.07 Å². The Labute approximate surface area is 120 Å². The minimum atomic E-state index is -0.315. The topological polar surface area (TPSA) is 46.3 Å². The van der Waals surface area contributed by atoms with E-state index in [-0.39, 0.29) is 30.2 Å². The molecule has 18 heavy (non-hydrogen) atoms. The molecular formula is C12H15BrClFN2O. The molecule has 1 amide bonds. The van der Waals surface area contributed by atoms with Gasteiger partial charge in [0.25, 0.3) is 0 Å². The van der Waals surface area contributed by atoms with Crippen molar-refractivity contribution >= 4 is 34.2 Å². The molecule has 0 aliphatic carbocycles. The maximum absolute atomic E-state index is 13.0. The molecule has 1 atom stereocenters. The molecule has 3 nitrogen and oxygen atoms in total. The third-order valence-electron chi connectivity index (χ3n) is 2.92. The van der Waals surface area contributed by atoms with Crippen molar-refractivity contribution in [1.29, 1.82) is 0 Å². The molecule has 2 N–H and O–H groups in total. The van der Waals surface area contributed by atoms with E-state index >= 15 is 0 Å². The summed E-state index contributed by atoms with van der Waals surface area (Å²) in [5.41, 5.74) is 6.56. The molecule has 0 aromatic heterocycles. The standard InChI is InChI=1S/C12H14BrFN2O.ClH/c13-10-5-8(1-2-11(10)14)6-12(17)16-4-3-9(15)7-16;/h1-2,5,9H,3-4,6-7,15H2;1H/t9-;/m0./s1. The third kappa shape index (κ3) is 3.67. The molecule has 1 fully saturated rings. The summed E-state index contributed by atoms with van der Waals surface area (Å²) in [6.45, 7) is 1.35. The van der Waals surface area contributed by atoms with Crippen LogP contribution in [-0.2, 0) is 11.2 Å². The van der Waals surface area contributed by atoms with Crippen molar-refractivity contribution in [3.8, 4) is 0 Å². The summed E-state index contributed by atoms with van der Waals surface area (Å²) in [5.74, 6) is -0.263. The highest BCUT2D eigenvalue weighted by molar-refractivity contribution is 9.10. The number of carbonyl (C=O) groups excluding carboxylic acids is 1.